The highest BCUT2D eigenvalue weighted by atomic mass is 16.7. The van der Waals surface area contributed by atoms with Crippen LogP contribution in [-0.2, 0) is 14.3 Å². The molecule has 0 saturated carbocycles. The van der Waals surface area contributed by atoms with E-state index in [9.17, 15) is 9.59 Å². The average molecular weight is 329 g/mol. The number of ether oxygens (including phenoxy) is 3. The molecule has 124 valence electrons. The summed E-state index contributed by atoms with van der Waals surface area (Å²) in [6, 6.07) is 8.41. The Morgan fingerprint density at radius 2 is 2.08 bits per heavy atom. The Morgan fingerprint density at radius 3 is 2.88 bits per heavy atom. The highest BCUT2D eigenvalue weighted by Crippen LogP contribution is 2.34. The maximum Gasteiger partial charge on any atom is 0.331 e. The predicted molar refractivity (Wildman–Crippen MR) is 84.5 cm³/mol. The molecule has 0 saturated heterocycles. The molecule has 1 aliphatic rings. The normalized spacial score (nSPS) is 13.7. The first-order valence-electron chi connectivity index (χ1n) is 7.24. The Kier molecular flexibility index (Phi) is 4.51. The van der Waals surface area contributed by atoms with Crippen LogP contribution in [0.3, 0.4) is 0 Å². The van der Waals surface area contributed by atoms with Gasteiger partial charge in [-0.15, -0.1) is 0 Å². The van der Waals surface area contributed by atoms with Crippen molar-refractivity contribution in [3.05, 3.63) is 48.4 Å². The molecule has 24 heavy (non-hydrogen) atoms. The molecule has 7 nitrogen and oxygen atoms in total. The molecule has 1 aromatic heterocycles. The summed E-state index contributed by atoms with van der Waals surface area (Å²) in [5.74, 6) is 0.604. The average Bonchev–Trinajstić information content (AvgIpc) is 3.23. The largest absolute Gasteiger partial charge is 0.465 e. The molecule has 3 rings (SSSR count). The van der Waals surface area contributed by atoms with E-state index in [4.69, 9.17) is 18.6 Å². The molecular formula is C17H15NO6. The smallest absolute Gasteiger partial charge is 0.331 e. The number of rotatable bonds is 5. The van der Waals surface area contributed by atoms with Gasteiger partial charge in [-0.2, -0.15) is 0 Å². The maximum atomic E-state index is 12.1. The van der Waals surface area contributed by atoms with E-state index in [1.807, 2.05) is 0 Å². The Balaban J connectivity index is 1.53. The van der Waals surface area contributed by atoms with Crippen molar-refractivity contribution in [1.29, 1.82) is 0 Å². The lowest BCUT2D eigenvalue weighted by atomic mass is 10.2. The number of benzene rings is 1. The van der Waals surface area contributed by atoms with Gasteiger partial charge in [0.1, 0.15) is 5.76 Å². The molecule has 1 N–H and O–H groups in total. The van der Waals surface area contributed by atoms with Crippen molar-refractivity contribution in [2.24, 2.45) is 0 Å². The molecule has 0 aliphatic carbocycles. The van der Waals surface area contributed by atoms with E-state index in [0.717, 1.165) is 0 Å². The van der Waals surface area contributed by atoms with Gasteiger partial charge in [0.05, 0.1) is 6.26 Å². The van der Waals surface area contributed by atoms with Crippen LogP contribution in [0, 0.1) is 0 Å². The second-order valence-corrected chi connectivity index (χ2v) is 4.99. The van der Waals surface area contributed by atoms with Crippen LogP contribution in [0.2, 0.25) is 0 Å². The predicted octanol–water partition coefficient (Wildman–Crippen LogP) is 2.59. The van der Waals surface area contributed by atoms with E-state index in [1.54, 1.807) is 30.3 Å². The van der Waals surface area contributed by atoms with E-state index >= 15 is 0 Å². The zero-order valence-electron chi connectivity index (χ0n) is 12.9. The van der Waals surface area contributed by atoms with Crippen LogP contribution in [0.4, 0.5) is 5.69 Å². The Bertz CT molecular complexity index is 765. The van der Waals surface area contributed by atoms with Gasteiger partial charge in [0.15, 0.2) is 17.6 Å². The molecule has 0 bridgehead atoms. The summed E-state index contributed by atoms with van der Waals surface area (Å²) in [5, 5.41) is 2.65. The number of anilines is 1. The summed E-state index contributed by atoms with van der Waals surface area (Å²) in [7, 11) is 0. The molecule has 1 aromatic carbocycles. The third kappa shape index (κ3) is 3.75. The summed E-state index contributed by atoms with van der Waals surface area (Å²) in [6.45, 7) is 1.64. The fourth-order valence-electron chi connectivity index (χ4n) is 2.02. The molecule has 0 spiro atoms. The van der Waals surface area contributed by atoms with Crippen LogP contribution < -0.4 is 14.8 Å². The summed E-state index contributed by atoms with van der Waals surface area (Å²) in [5.41, 5.74) is 0.526. The van der Waals surface area contributed by atoms with Gasteiger partial charge in [-0.25, -0.2) is 4.79 Å². The second-order valence-electron chi connectivity index (χ2n) is 4.99. The molecule has 7 heteroatoms. The number of carbonyl (C=O) groups is 2. The van der Waals surface area contributed by atoms with E-state index < -0.39 is 18.0 Å². The molecule has 0 unspecified atom stereocenters. The number of furan rings is 1. The first kappa shape index (κ1) is 15.7. The number of nitrogens with one attached hydrogen (secondary N) is 1. The minimum Gasteiger partial charge on any atom is -0.465 e. The molecular weight excluding hydrogens is 314 g/mol. The summed E-state index contributed by atoms with van der Waals surface area (Å²) in [4.78, 5) is 23.8. The van der Waals surface area contributed by atoms with Crippen LogP contribution in [0.5, 0.6) is 11.5 Å². The van der Waals surface area contributed by atoms with Gasteiger partial charge >= 0.3 is 5.97 Å². The van der Waals surface area contributed by atoms with Crippen molar-refractivity contribution >= 4 is 23.6 Å². The Labute approximate surface area is 137 Å². The third-order valence-electron chi connectivity index (χ3n) is 3.23. The zero-order chi connectivity index (χ0) is 16.9. The van der Waals surface area contributed by atoms with Gasteiger partial charge < -0.3 is 23.9 Å². The molecule has 0 fully saturated rings. The highest BCUT2D eigenvalue weighted by Gasteiger charge is 2.19. The summed E-state index contributed by atoms with van der Waals surface area (Å²) >= 11 is 0. The SMILES string of the molecule is C[C@H](OC(=O)/C=C/c1ccco1)C(=O)Nc1ccc2c(c1)OCO2. The van der Waals surface area contributed by atoms with Crippen LogP contribution in [-0.4, -0.2) is 24.8 Å². The monoisotopic (exact) mass is 329 g/mol. The van der Waals surface area contributed by atoms with Gasteiger partial charge in [-0.05, 0) is 37.3 Å². The second kappa shape index (κ2) is 6.91. The third-order valence-corrected chi connectivity index (χ3v) is 3.23. The molecule has 1 aliphatic heterocycles. The van der Waals surface area contributed by atoms with Crippen LogP contribution in [0.15, 0.2) is 47.1 Å². The lowest BCUT2D eigenvalue weighted by molar-refractivity contribution is -0.148. The van der Waals surface area contributed by atoms with Crippen molar-refractivity contribution in [1.82, 2.24) is 0 Å². The van der Waals surface area contributed by atoms with Gasteiger partial charge in [0.25, 0.3) is 5.91 Å². The van der Waals surface area contributed by atoms with E-state index in [0.29, 0.717) is 22.9 Å². The van der Waals surface area contributed by atoms with Crippen LogP contribution in [0.25, 0.3) is 6.08 Å². The number of hydrogen-bond donors (Lipinski definition) is 1. The minimum absolute atomic E-state index is 0.156. The number of carbonyl (C=O) groups excluding carboxylic acids is 2. The number of amides is 1. The topological polar surface area (TPSA) is 87.0 Å². The Morgan fingerprint density at radius 1 is 1.25 bits per heavy atom. The zero-order valence-corrected chi connectivity index (χ0v) is 12.9. The van der Waals surface area contributed by atoms with Crippen molar-refractivity contribution in [2.75, 3.05) is 12.1 Å². The summed E-state index contributed by atoms with van der Waals surface area (Å²) < 4.78 is 20.5. The standard InChI is InChI=1S/C17H15NO6/c1-11(24-16(19)7-5-13-3-2-8-21-13)17(20)18-12-4-6-14-15(9-12)23-10-22-14/h2-9,11H,10H2,1H3,(H,18,20)/b7-5+/t11-/m0/s1. The fourth-order valence-corrected chi connectivity index (χ4v) is 2.02. The molecule has 0 radical (unpaired) electrons. The van der Waals surface area contributed by atoms with Crippen LogP contribution in [0.1, 0.15) is 12.7 Å². The van der Waals surface area contributed by atoms with E-state index in [-0.39, 0.29) is 6.79 Å². The summed E-state index contributed by atoms with van der Waals surface area (Å²) in [6.07, 6.45) is 3.20. The molecule has 2 aromatic rings. The first-order chi connectivity index (χ1) is 11.6. The minimum atomic E-state index is -0.954. The van der Waals surface area contributed by atoms with Gasteiger partial charge in [-0.1, -0.05) is 0 Å². The van der Waals surface area contributed by atoms with Gasteiger partial charge in [0.2, 0.25) is 6.79 Å². The van der Waals surface area contributed by atoms with E-state index in [2.05, 4.69) is 5.32 Å². The molecule has 2 heterocycles. The maximum absolute atomic E-state index is 12.1. The van der Waals surface area contributed by atoms with Gasteiger partial charge in [-0.3, -0.25) is 4.79 Å². The Hall–Kier alpha value is -3.22. The lowest BCUT2D eigenvalue weighted by Gasteiger charge is -2.12. The van der Waals surface area contributed by atoms with Crippen molar-refractivity contribution in [3.63, 3.8) is 0 Å². The molecule has 1 amide bonds. The first-order valence-corrected chi connectivity index (χ1v) is 7.24. The highest BCUT2D eigenvalue weighted by molar-refractivity contribution is 5.96. The van der Waals surface area contributed by atoms with Crippen molar-refractivity contribution in [3.8, 4) is 11.5 Å². The van der Waals surface area contributed by atoms with E-state index in [1.165, 1.54) is 25.3 Å². The van der Waals surface area contributed by atoms with Crippen molar-refractivity contribution in [2.45, 2.75) is 13.0 Å². The number of esters is 1. The van der Waals surface area contributed by atoms with Gasteiger partial charge in [0, 0.05) is 17.8 Å². The molecule has 1 atom stereocenters. The number of hydrogen-bond acceptors (Lipinski definition) is 6. The lowest BCUT2D eigenvalue weighted by Crippen LogP contribution is -2.29. The fraction of sp³-hybridized carbons (Fsp3) is 0.176. The van der Waals surface area contributed by atoms with Crippen molar-refractivity contribution < 1.29 is 28.2 Å². The number of fused-ring (bicyclic) bond motifs is 1. The quantitative estimate of drug-likeness (QED) is 0.670. The van der Waals surface area contributed by atoms with Crippen LogP contribution >= 0.6 is 0 Å².